The fourth-order valence-corrected chi connectivity index (χ4v) is 3.17. The van der Waals surface area contributed by atoms with Crippen molar-refractivity contribution in [1.82, 2.24) is 0 Å². The Morgan fingerprint density at radius 1 is 1.20 bits per heavy atom. The maximum Gasteiger partial charge on any atom is 0.341 e. The van der Waals surface area contributed by atoms with Crippen LogP contribution in [0.15, 0.2) is 24.3 Å². The maximum atomic E-state index is 5.81. The molecule has 0 amide bonds. The van der Waals surface area contributed by atoms with Gasteiger partial charge in [-0.15, -0.1) is 33.2 Å². The molecular weight excluding hydrogens is 271 g/mol. The first kappa shape index (κ1) is 13.2. The van der Waals surface area contributed by atoms with Crippen molar-refractivity contribution in [2.75, 3.05) is 7.11 Å². The molecule has 0 saturated carbocycles. The first-order valence-electron chi connectivity index (χ1n) is 4.71. The molecule has 0 N–H and O–H groups in total. The van der Waals surface area contributed by atoms with E-state index in [-0.39, 0.29) is 0 Å². The fourth-order valence-electron chi connectivity index (χ4n) is 1.39. The highest BCUT2D eigenvalue weighted by Gasteiger charge is 2.23. The number of aryl methyl sites for hydroxylation is 1. The summed E-state index contributed by atoms with van der Waals surface area (Å²) in [5.74, 6) is 0.906. The predicted molar refractivity (Wildman–Crippen MR) is 69.4 cm³/mol. The second-order valence-corrected chi connectivity index (χ2v) is 12.6. The average molecular weight is 284 g/mol. The summed E-state index contributed by atoms with van der Waals surface area (Å²) in [6.45, 7) is 0. The Labute approximate surface area is 105 Å². The molecule has 0 aliphatic carbocycles. The first-order chi connectivity index (χ1) is 7.03. The Kier molecular flexibility index (Phi) is 5.26. The fraction of sp³-hybridized carbons (Fsp3) is 0.400. The lowest BCUT2D eigenvalue weighted by Gasteiger charge is -2.09. The van der Waals surface area contributed by atoms with Crippen molar-refractivity contribution in [3.8, 4) is 5.75 Å². The van der Waals surface area contributed by atoms with E-state index in [0.29, 0.717) is 6.04 Å². The minimum absolute atomic E-state index is 0.690. The van der Waals surface area contributed by atoms with Crippen molar-refractivity contribution in [1.29, 1.82) is 0 Å². The molecule has 0 spiro atoms. The van der Waals surface area contributed by atoms with Gasteiger partial charge in [-0.25, -0.2) is 0 Å². The van der Waals surface area contributed by atoms with E-state index in [1.165, 1.54) is 5.56 Å². The molecule has 84 valence electrons. The number of para-hydroxylation sites is 1. The summed E-state index contributed by atoms with van der Waals surface area (Å²) in [5, 5.41) is 0. The molecule has 0 radical (unpaired) electrons. The third-order valence-electron chi connectivity index (χ3n) is 2.10. The summed E-state index contributed by atoms with van der Waals surface area (Å²) in [6.07, 6.45) is 1.79. The molecule has 0 unspecified atom stereocenters. The molecule has 1 nitrogen and oxygen atoms in total. The Morgan fingerprint density at radius 2 is 1.87 bits per heavy atom. The van der Waals surface area contributed by atoms with E-state index < -0.39 is 6.00 Å². The van der Waals surface area contributed by atoms with Crippen LogP contribution in [0.5, 0.6) is 5.75 Å². The van der Waals surface area contributed by atoms with Gasteiger partial charge in [0.05, 0.1) is 7.11 Å². The number of ether oxygens (including phenoxy) is 1. The van der Waals surface area contributed by atoms with E-state index in [1.807, 2.05) is 24.3 Å². The molecule has 0 bridgehead atoms. The lowest BCUT2D eigenvalue weighted by atomic mass is 10.1. The van der Waals surface area contributed by atoms with Gasteiger partial charge in [0.2, 0.25) is 0 Å². The molecule has 0 aromatic heterocycles. The second kappa shape index (κ2) is 5.99. The normalized spacial score (nSPS) is 11.5. The Hall–Kier alpha value is 0.107. The number of rotatable bonds is 5. The van der Waals surface area contributed by atoms with Crippen LogP contribution in [0, 0.1) is 0 Å². The van der Waals surface area contributed by atoms with E-state index in [2.05, 4.69) is 0 Å². The summed E-state index contributed by atoms with van der Waals surface area (Å²) in [4.78, 5) is 0. The third kappa shape index (κ3) is 5.11. The van der Waals surface area contributed by atoms with Crippen molar-refractivity contribution in [3.05, 3.63) is 29.8 Å². The van der Waals surface area contributed by atoms with Crippen molar-refractivity contribution < 1.29 is 4.74 Å². The molecule has 5 heteroatoms. The van der Waals surface area contributed by atoms with Gasteiger partial charge in [-0.3, -0.25) is 0 Å². The Bertz CT molecular complexity index is 312. The van der Waals surface area contributed by atoms with Crippen molar-refractivity contribution >= 4 is 39.2 Å². The zero-order valence-corrected chi connectivity index (χ0v) is 11.7. The van der Waals surface area contributed by atoms with Crippen LogP contribution < -0.4 is 4.74 Å². The molecule has 1 aromatic rings. The lowest BCUT2D eigenvalue weighted by Crippen LogP contribution is -2.08. The van der Waals surface area contributed by atoms with Gasteiger partial charge in [-0.1, -0.05) is 18.2 Å². The van der Waals surface area contributed by atoms with Crippen LogP contribution in [0.25, 0.3) is 0 Å². The average Bonchev–Trinajstić information content (AvgIpc) is 2.16. The highest BCUT2D eigenvalue weighted by molar-refractivity contribution is 7.64. The standard InChI is InChI=1S/C10H13Cl3OSi/c1-14-10-7-3-2-5-9(10)6-4-8-15(11,12)13/h2-3,5,7H,4,6,8H2,1H3. The summed E-state index contributed by atoms with van der Waals surface area (Å²) >= 11 is 17.4. The van der Waals surface area contributed by atoms with Gasteiger partial charge < -0.3 is 4.74 Å². The summed E-state index contributed by atoms with van der Waals surface area (Å²) in [6, 6.07) is 6.16. The van der Waals surface area contributed by atoms with Gasteiger partial charge in [-0.05, 0) is 30.5 Å². The molecule has 1 aromatic carbocycles. The molecule has 0 aliphatic rings. The predicted octanol–water partition coefficient (Wildman–Crippen LogP) is 4.28. The largest absolute Gasteiger partial charge is 0.496 e. The van der Waals surface area contributed by atoms with E-state index in [9.17, 15) is 0 Å². The van der Waals surface area contributed by atoms with E-state index in [0.717, 1.165) is 18.6 Å². The quantitative estimate of drug-likeness (QED) is 0.579. The van der Waals surface area contributed by atoms with Crippen LogP contribution >= 0.6 is 33.2 Å². The topological polar surface area (TPSA) is 9.23 Å². The zero-order chi connectivity index (χ0) is 11.3. The Morgan fingerprint density at radius 3 is 2.47 bits per heavy atom. The minimum atomic E-state index is -2.46. The summed E-state index contributed by atoms with van der Waals surface area (Å²) in [7, 11) is 1.67. The lowest BCUT2D eigenvalue weighted by molar-refractivity contribution is 0.409. The summed E-state index contributed by atoms with van der Waals surface area (Å²) < 4.78 is 5.24. The van der Waals surface area contributed by atoms with Gasteiger partial charge in [0.25, 0.3) is 0 Å². The smallest absolute Gasteiger partial charge is 0.341 e. The summed E-state index contributed by atoms with van der Waals surface area (Å²) in [5.41, 5.74) is 1.17. The molecule has 0 heterocycles. The molecule has 15 heavy (non-hydrogen) atoms. The van der Waals surface area contributed by atoms with Crippen LogP contribution in [-0.4, -0.2) is 13.1 Å². The number of halogens is 3. The first-order valence-corrected chi connectivity index (χ1v) is 9.96. The molecule has 0 atom stereocenters. The van der Waals surface area contributed by atoms with Crippen LogP contribution in [-0.2, 0) is 6.42 Å². The van der Waals surface area contributed by atoms with Gasteiger partial charge in [-0.2, -0.15) is 0 Å². The van der Waals surface area contributed by atoms with Crippen molar-refractivity contribution in [2.45, 2.75) is 18.9 Å². The van der Waals surface area contributed by atoms with Crippen molar-refractivity contribution in [3.63, 3.8) is 0 Å². The van der Waals surface area contributed by atoms with E-state index >= 15 is 0 Å². The molecule has 1 rings (SSSR count). The Balaban J connectivity index is 2.50. The molecule has 0 fully saturated rings. The van der Waals surface area contributed by atoms with Crippen molar-refractivity contribution in [2.24, 2.45) is 0 Å². The van der Waals surface area contributed by atoms with E-state index in [1.54, 1.807) is 7.11 Å². The molecular formula is C10H13Cl3OSi. The highest BCUT2D eigenvalue weighted by atomic mass is 35.8. The number of hydrogen-bond donors (Lipinski definition) is 0. The van der Waals surface area contributed by atoms with Gasteiger partial charge in [0, 0.05) is 0 Å². The van der Waals surface area contributed by atoms with Gasteiger partial charge in [0.15, 0.2) is 0 Å². The van der Waals surface area contributed by atoms with Gasteiger partial charge in [0.1, 0.15) is 5.75 Å². The molecule has 0 saturated heterocycles. The third-order valence-corrected chi connectivity index (χ3v) is 4.72. The van der Waals surface area contributed by atoms with Crippen LogP contribution in [0.2, 0.25) is 6.04 Å². The van der Waals surface area contributed by atoms with Crippen LogP contribution in [0.1, 0.15) is 12.0 Å². The zero-order valence-electron chi connectivity index (χ0n) is 8.47. The van der Waals surface area contributed by atoms with Gasteiger partial charge >= 0.3 is 6.00 Å². The highest BCUT2D eigenvalue weighted by Crippen LogP contribution is 2.28. The number of benzene rings is 1. The number of methoxy groups -OCH3 is 1. The maximum absolute atomic E-state index is 5.81. The van der Waals surface area contributed by atoms with Crippen LogP contribution in [0.4, 0.5) is 0 Å². The van der Waals surface area contributed by atoms with E-state index in [4.69, 9.17) is 38.0 Å². The second-order valence-electron chi connectivity index (χ2n) is 3.28. The monoisotopic (exact) mass is 282 g/mol. The SMILES string of the molecule is COc1ccccc1CCC[Si](Cl)(Cl)Cl. The minimum Gasteiger partial charge on any atom is -0.496 e. The molecule has 0 aliphatic heterocycles. The van der Waals surface area contributed by atoms with Crippen LogP contribution in [0.3, 0.4) is 0 Å². The number of hydrogen-bond acceptors (Lipinski definition) is 1.